The number of carbonyl (C=O) groups is 2. The molecule has 2 aliphatic rings. The molecule has 2 unspecified atom stereocenters. The molecule has 0 radical (unpaired) electrons. The van der Waals surface area contributed by atoms with E-state index in [0.29, 0.717) is 28.0 Å². The highest BCUT2D eigenvalue weighted by atomic mass is 35.5. The van der Waals surface area contributed by atoms with Gasteiger partial charge in [-0.3, -0.25) is 9.59 Å². The van der Waals surface area contributed by atoms with E-state index in [1.807, 2.05) is 48.5 Å². The number of rotatable bonds is 7. The van der Waals surface area contributed by atoms with E-state index in [2.05, 4.69) is 10.3 Å². The molecule has 5 rings (SSSR count). The second kappa shape index (κ2) is 11.3. The molecule has 38 heavy (non-hydrogen) atoms. The molecule has 0 aromatic heterocycles. The number of carbonyl (C=O) groups excluding carboxylic acids is 2. The average Bonchev–Trinajstić information content (AvgIpc) is 3.53. The van der Waals surface area contributed by atoms with Crippen molar-refractivity contribution < 1.29 is 19.1 Å². The van der Waals surface area contributed by atoms with Crippen LogP contribution in [0.3, 0.4) is 0 Å². The molecule has 0 bridgehead atoms. The minimum Gasteiger partial charge on any atom is -0.497 e. The van der Waals surface area contributed by atoms with E-state index < -0.39 is 5.25 Å². The quantitative estimate of drug-likeness (QED) is 0.417. The van der Waals surface area contributed by atoms with Crippen molar-refractivity contribution in [2.45, 2.75) is 24.1 Å². The molecule has 2 atom stereocenters. The summed E-state index contributed by atoms with van der Waals surface area (Å²) in [5.74, 6) is 0.753. The Morgan fingerprint density at radius 2 is 1.79 bits per heavy atom. The van der Waals surface area contributed by atoms with Crippen LogP contribution in [0.15, 0.2) is 82.9 Å². The Bertz CT molecular complexity index is 1410. The molecular weight excluding hydrogens is 524 g/mol. The first-order chi connectivity index (χ1) is 18.4. The van der Waals surface area contributed by atoms with Gasteiger partial charge in [-0.1, -0.05) is 53.7 Å². The summed E-state index contributed by atoms with van der Waals surface area (Å²) in [6, 6.07) is 22.2. The van der Waals surface area contributed by atoms with Crippen LogP contribution in [0.2, 0.25) is 5.02 Å². The maximum atomic E-state index is 12.8. The smallest absolute Gasteiger partial charge is 0.262 e. The Morgan fingerprint density at radius 3 is 2.50 bits per heavy atom. The van der Waals surface area contributed by atoms with E-state index in [1.165, 1.54) is 11.8 Å². The molecule has 1 N–H and O–H groups in total. The Kier molecular flexibility index (Phi) is 7.67. The number of aliphatic imine (C=N–C) groups is 1. The molecule has 8 nitrogen and oxygen atoms in total. The van der Waals surface area contributed by atoms with Gasteiger partial charge in [-0.15, -0.1) is 0 Å². The molecule has 0 aliphatic carbocycles. The molecule has 0 spiro atoms. The first kappa shape index (κ1) is 25.8. The lowest BCUT2D eigenvalue weighted by molar-refractivity contribution is -0.121. The van der Waals surface area contributed by atoms with Gasteiger partial charge in [0, 0.05) is 29.6 Å². The SMILES string of the molecule is COc1ccc(C2CC(c3ccc(Cl)cc3)=NN2C2=NC(=O)C(CC(=O)Nc3cccc(OC)c3)S2)cc1. The van der Waals surface area contributed by atoms with Gasteiger partial charge in [-0.2, -0.15) is 10.1 Å². The minimum absolute atomic E-state index is 0.0114. The number of amidine groups is 1. The summed E-state index contributed by atoms with van der Waals surface area (Å²) in [5.41, 5.74) is 3.41. The number of hydrazone groups is 1. The van der Waals surface area contributed by atoms with E-state index >= 15 is 0 Å². The van der Waals surface area contributed by atoms with Crippen molar-refractivity contribution >= 4 is 51.7 Å². The first-order valence-corrected chi connectivity index (χ1v) is 13.2. The van der Waals surface area contributed by atoms with E-state index in [-0.39, 0.29) is 24.3 Å². The number of anilines is 1. The fraction of sp³-hybridized carbons (Fsp3) is 0.214. The van der Waals surface area contributed by atoms with Crippen LogP contribution >= 0.6 is 23.4 Å². The van der Waals surface area contributed by atoms with Crippen molar-refractivity contribution in [2.24, 2.45) is 10.1 Å². The summed E-state index contributed by atoms with van der Waals surface area (Å²) in [7, 11) is 3.19. The van der Waals surface area contributed by atoms with Crippen LogP contribution in [0, 0.1) is 0 Å². The van der Waals surface area contributed by atoms with E-state index in [1.54, 1.807) is 43.5 Å². The molecule has 2 heterocycles. The zero-order chi connectivity index (χ0) is 26.6. The highest BCUT2D eigenvalue weighted by Crippen LogP contribution is 2.39. The zero-order valence-electron chi connectivity index (χ0n) is 20.8. The number of benzene rings is 3. The van der Waals surface area contributed by atoms with Crippen molar-refractivity contribution in [3.8, 4) is 11.5 Å². The molecule has 0 saturated carbocycles. The second-order valence-corrected chi connectivity index (χ2v) is 10.3. The topological polar surface area (TPSA) is 92.6 Å². The van der Waals surface area contributed by atoms with Crippen molar-refractivity contribution in [3.63, 3.8) is 0 Å². The summed E-state index contributed by atoms with van der Waals surface area (Å²) < 4.78 is 10.5. The summed E-state index contributed by atoms with van der Waals surface area (Å²) in [5, 5.41) is 9.96. The monoisotopic (exact) mass is 548 g/mol. The van der Waals surface area contributed by atoms with Gasteiger partial charge in [0.1, 0.15) is 16.7 Å². The normalized spacial score (nSPS) is 18.7. The van der Waals surface area contributed by atoms with Crippen molar-refractivity contribution in [1.29, 1.82) is 0 Å². The Morgan fingerprint density at radius 1 is 1.05 bits per heavy atom. The highest BCUT2D eigenvalue weighted by molar-refractivity contribution is 8.15. The van der Waals surface area contributed by atoms with Gasteiger partial charge in [0.05, 0.1) is 26.0 Å². The number of halogens is 1. The predicted octanol–water partition coefficient (Wildman–Crippen LogP) is 5.54. The molecule has 194 valence electrons. The lowest BCUT2D eigenvalue weighted by atomic mass is 9.98. The number of amides is 2. The lowest BCUT2D eigenvalue weighted by Crippen LogP contribution is -2.25. The van der Waals surface area contributed by atoms with Crippen LogP contribution in [0.25, 0.3) is 0 Å². The molecule has 3 aromatic carbocycles. The standard InChI is InChI=1S/C28H25ClN4O4S/c1-36-21-12-8-18(9-13-21)24-15-23(17-6-10-19(29)11-7-17)32-33(24)28-31-27(35)25(38-28)16-26(34)30-20-4-3-5-22(14-20)37-2/h3-14,24-25H,15-16H2,1-2H3,(H,30,34). The Labute approximate surface area is 229 Å². The molecular formula is C28H25ClN4O4S. The molecule has 0 fully saturated rings. The number of ether oxygens (including phenoxy) is 2. The molecule has 3 aromatic rings. The van der Waals surface area contributed by atoms with Crippen molar-refractivity contribution in [2.75, 3.05) is 19.5 Å². The van der Waals surface area contributed by atoms with E-state index in [0.717, 1.165) is 22.6 Å². The molecule has 2 aliphatic heterocycles. The van der Waals surface area contributed by atoms with Gasteiger partial charge in [-0.05, 0) is 47.5 Å². The van der Waals surface area contributed by atoms with Gasteiger partial charge in [-0.25, -0.2) is 5.01 Å². The van der Waals surface area contributed by atoms with Gasteiger partial charge < -0.3 is 14.8 Å². The maximum Gasteiger partial charge on any atom is 0.262 e. The van der Waals surface area contributed by atoms with Gasteiger partial charge in [0.25, 0.3) is 5.91 Å². The van der Waals surface area contributed by atoms with Crippen LogP contribution in [-0.2, 0) is 9.59 Å². The average molecular weight is 549 g/mol. The Hall–Kier alpha value is -3.82. The van der Waals surface area contributed by atoms with Crippen LogP contribution in [-0.4, -0.2) is 47.2 Å². The van der Waals surface area contributed by atoms with Crippen LogP contribution in [0.5, 0.6) is 11.5 Å². The number of methoxy groups -OCH3 is 2. The fourth-order valence-corrected chi connectivity index (χ4v) is 5.46. The van der Waals surface area contributed by atoms with Crippen LogP contribution < -0.4 is 14.8 Å². The van der Waals surface area contributed by atoms with Crippen molar-refractivity contribution in [3.05, 3.63) is 88.9 Å². The largest absolute Gasteiger partial charge is 0.497 e. The van der Waals surface area contributed by atoms with Gasteiger partial charge >= 0.3 is 0 Å². The number of nitrogens with zero attached hydrogens (tertiary/aromatic N) is 3. The molecule has 2 amide bonds. The molecule has 10 heteroatoms. The summed E-state index contributed by atoms with van der Waals surface area (Å²) in [6.45, 7) is 0. The number of thioether (sulfide) groups is 1. The third kappa shape index (κ3) is 5.69. The van der Waals surface area contributed by atoms with Crippen LogP contribution in [0.4, 0.5) is 5.69 Å². The van der Waals surface area contributed by atoms with Gasteiger partial charge in [0.2, 0.25) is 5.91 Å². The fourth-order valence-electron chi connectivity index (χ4n) is 4.27. The summed E-state index contributed by atoms with van der Waals surface area (Å²) >= 11 is 7.34. The second-order valence-electron chi connectivity index (χ2n) is 8.71. The summed E-state index contributed by atoms with van der Waals surface area (Å²) in [6.07, 6.45) is 0.602. The maximum absolute atomic E-state index is 12.8. The number of hydrogen-bond acceptors (Lipinski definition) is 7. The third-order valence-corrected chi connectivity index (χ3v) is 7.63. The summed E-state index contributed by atoms with van der Waals surface area (Å²) in [4.78, 5) is 29.9. The number of nitrogens with one attached hydrogen (secondary N) is 1. The lowest BCUT2D eigenvalue weighted by Gasteiger charge is -2.23. The van der Waals surface area contributed by atoms with Crippen LogP contribution in [0.1, 0.15) is 30.0 Å². The zero-order valence-corrected chi connectivity index (χ0v) is 22.3. The van der Waals surface area contributed by atoms with Crippen molar-refractivity contribution in [1.82, 2.24) is 5.01 Å². The van der Waals surface area contributed by atoms with Gasteiger partial charge in [0.15, 0.2) is 5.17 Å². The van der Waals surface area contributed by atoms with E-state index in [4.69, 9.17) is 26.2 Å². The first-order valence-electron chi connectivity index (χ1n) is 11.9. The van der Waals surface area contributed by atoms with E-state index in [9.17, 15) is 9.59 Å². The number of hydrogen-bond donors (Lipinski definition) is 1. The highest BCUT2D eigenvalue weighted by Gasteiger charge is 2.39. The minimum atomic E-state index is -0.637. The molecule has 0 saturated heterocycles. The predicted molar refractivity (Wildman–Crippen MR) is 150 cm³/mol. The Balaban J connectivity index is 1.34. The third-order valence-electron chi connectivity index (χ3n) is 6.24.